The summed E-state index contributed by atoms with van der Waals surface area (Å²) >= 11 is 6.37. The quantitative estimate of drug-likeness (QED) is 0.889. The van der Waals surface area contributed by atoms with Crippen molar-refractivity contribution in [1.82, 2.24) is 9.97 Å². The van der Waals surface area contributed by atoms with Crippen molar-refractivity contribution >= 4 is 28.9 Å². The van der Waals surface area contributed by atoms with Crippen LogP contribution in [-0.4, -0.2) is 55.4 Å². The molecule has 2 saturated heterocycles. The van der Waals surface area contributed by atoms with Crippen molar-refractivity contribution in [2.24, 2.45) is 0 Å². The van der Waals surface area contributed by atoms with Crippen LogP contribution in [0.15, 0.2) is 36.7 Å². The van der Waals surface area contributed by atoms with Gasteiger partial charge in [-0.1, -0.05) is 23.7 Å². The van der Waals surface area contributed by atoms with E-state index in [0.717, 1.165) is 74.6 Å². The van der Waals surface area contributed by atoms with E-state index in [-0.39, 0.29) is 0 Å². The minimum atomic E-state index is 0.340. The molecule has 1 unspecified atom stereocenters. The molecule has 7 heteroatoms. The summed E-state index contributed by atoms with van der Waals surface area (Å²) in [6.45, 7) is 5.20. The Morgan fingerprint density at radius 3 is 2.77 bits per heavy atom. The standard InChI is InChI=1S/C19H24ClN5O/c20-16-5-1-2-6-17(16)25-7-3-4-15(13-25)23-18-12-19(22-14-21-18)24-8-10-26-11-9-24/h1-2,5-6,12,14-15H,3-4,7-11,13H2,(H,21,22,23). The number of anilines is 3. The Kier molecular flexibility index (Phi) is 5.41. The summed E-state index contributed by atoms with van der Waals surface area (Å²) in [7, 11) is 0. The number of aromatic nitrogens is 2. The third-order valence-corrected chi connectivity index (χ3v) is 5.27. The molecule has 0 spiro atoms. The fourth-order valence-electron chi connectivity index (χ4n) is 3.62. The normalized spacial score (nSPS) is 20.9. The lowest BCUT2D eigenvalue weighted by Gasteiger charge is -2.35. The van der Waals surface area contributed by atoms with E-state index in [0.29, 0.717) is 6.04 Å². The highest BCUT2D eigenvalue weighted by atomic mass is 35.5. The van der Waals surface area contributed by atoms with Crippen LogP contribution in [0.1, 0.15) is 12.8 Å². The van der Waals surface area contributed by atoms with Crippen molar-refractivity contribution in [3.63, 3.8) is 0 Å². The van der Waals surface area contributed by atoms with Crippen LogP contribution in [0.3, 0.4) is 0 Å². The minimum absolute atomic E-state index is 0.340. The second kappa shape index (κ2) is 8.10. The number of morpholine rings is 1. The molecular formula is C19H24ClN5O. The molecule has 1 atom stereocenters. The van der Waals surface area contributed by atoms with Gasteiger partial charge in [-0.3, -0.25) is 0 Å². The highest BCUT2D eigenvalue weighted by molar-refractivity contribution is 6.33. The molecule has 3 heterocycles. The molecule has 26 heavy (non-hydrogen) atoms. The van der Waals surface area contributed by atoms with Crippen LogP contribution >= 0.6 is 11.6 Å². The zero-order valence-corrected chi connectivity index (χ0v) is 15.5. The lowest BCUT2D eigenvalue weighted by atomic mass is 10.0. The maximum Gasteiger partial charge on any atom is 0.134 e. The Hall–Kier alpha value is -2.05. The Labute approximate surface area is 159 Å². The average molecular weight is 374 g/mol. The van der Waals surface area contributed by atoms with Crippen molar-refractivity contribution in [3.8, 4) is 0 Å². The van der Waals surface area contributed by atoms with Crippen LogP contribution in [0, 0.1) is 0 Å². The molecule has 0 amide bonds. The van der Waals surface area contributed by atoms with E-state index in [2.05, 4.69) is 31.2 Å². The number of piperidine rings is 1. The Bertz CT molecular complexity index is 737. The molecule has 2 fully saturated rings. The first-order chi connectivity index (χ1) is 12.8. The summed E-state index contributed by atoms with van der Waals surface area (Å²) in [4.78, 5) is 13.4. The molecule has 0 saturated carbocycles. The average Bonchev–Trinajstić information content (AvgIpc) is 2.69. The van der Waals surface area contributed by atoms with E-state index in [1.807, 2.05) is 24.3 Å². The van der Waals surface area contributed by atoms with E-state index in [1.165, 1.54) is 0 Å². The van der Waals surface area contributed by atoms with Gasteiger partial charge in [-0.2, -0.15) is 0 Å². The predicted octanol–water partition coefficient (Wildman–Crippen LogP) is 3.05. The smallest absolute Gasteiger partial charge is 0.134 e. The lowest BCUT2D eigenvalue weighted by Crippen LogP contribution is -2.42. The number of nitrogens with one attached hydrogen (secondary N) is 1. The fourth-order valence-corrected chi connectivity index (χ4v) is 3.88. The number of halogens is 1. The molecular weight excluding hydrogens is 350 g/mol. The van der Waals surface area contributed by atoms with Crippen molar-refractivity contribution in [2.75, 3.05) is 54.5 Å². The van der Waals surface area contributed by atoms with Gasteiger partial charge in [-0.05, 0) is 25.0 Å². The van der Waals surface area contributed by atoms with Gasteiger partial charge in [0.15, 0.2) is 0 Å². The number of rotatable bonds is 4. The first-order valence-corrected chi connectivity index (χ1v) is 9.58. The van der Waals surface area contributed by atoms with Crippen LogP contribution in [0.4, 0.5) is 17.3 Å². The van der Waals surface area contributed by atoms with Crippen molar-refractivity contribution in [2.45, 2.75) is 18.9 Å². The van der Waals surface area contributed by atoms with Gasteiger partial charge in [-0.15, -0.1) is 0 Å². The molecule has 2 aliphatic rings. The summed E-state index contributed by atoms with van der Waals surface area (Å²) in [5, 5.41) is 4.40. The SMILES string of the molecule is Clc1ccccc1N1CCCC(Nc2cc(N3CCOCC3)ncn2)C1. The summed E-state index contributed by atoms with van der Waals surface area (Å²) in [5.41, 5.74) is 1.11. The molecule has 0 bridgehead atoms. The van der Waals surface area contributed by atoms with E-state index >= 15 is 0 Å². The zero-order valence-electron chi connectivity index (χ0n) is 14.8. The van der Waals surface area contributed by atoms with Gasteiger partial charge < -0.3 is 19.9 Å². The number of ether oxygens (including phenoxy) is 1. The maximum atomic E-state index is 6.37. The van der Waals surface area contributed by atoms with Crippen LogP contribution in [0.25, 0.3) is 0 Å². The number of hydrogen-bond donors (Lipinski definition) is 1. The summed E-state index contributed by atoms with van der Waals surface area (Å²) in [6, 6.07) is 10.4. The summed E-state index contributed by atoms with van der Waals surface area (Å²) in [5.74, 6) is 1.84. The van der Waals surface area contributed by atoms with Crippen LogP contribution in [0.5, 0.6) is 0 Å². The molecule has 138 valence electrons. The lowest BCUT2D eigenvalue weighted by molar-refractivity contribution is 0.122. The topological polar surface area (TPSA) is 53.5 Å². The first-order valence-electron chi connectivity index (χ1n) is 9.20. The predicted molar refractivity (Wildman–Crippen MR) is 105 cm³/mol. The Morgan fingerprint density at radius 2 is 1.92 bits per heavy atom. The second-order valence-electron chi connectivity index (χ2n) is 6.74. The van der Waals surface area contributed by atoms with Crippen molar-refractivity contribution in [3.05, 3.63) is 41.7 Å². The molecule has 1 aromatic heterocycles. The molecule has 0 aliphatic carbocycles. The third-order valence-electron chi connectivity index (χ3n) is 4.95. The molecule has 2 aromatic rings. The van der Waals surface area contributed by atoms with Crippen molar-refractivity contribution < 1.29 is 4.74 Å². The van der Waals surface area contributed by atoms with Gasteiger partial charge in [0, 0.05) is 38.3 Å². The van der Waals surface area contributed by atoms with Crippen molar-refractivity contribution in [1.29, 1.82) is 0 Å². The summed E-state index contributed by atoms with van der Waals surface area (Å²) in [6.07, 6.45) is 3.89. The monoisotopic (exact) mass is 373 g/mol. The van der Waals surface area contributed by atoms with E-state index < -0.39 is 0 Å². The zero-order chi connectivity index (χ0) is 17.8. The van der Waals surface area contributed by atoms with E-state index in [1.54, 1.807) is 6.33 Å². The Morgan fingerprint density at radius 1 is 1.08 bits per heavy atom. The molecule has 6 nitrogen and oxygen atoms in total. The minimum Gasteiger partial charge on any atom is -0.378 e. The number of para-hydroxylation sites is 1. The fraction of sp³-hybridized carbons (Fsp3) is 0.474. The highest BCUT2D eigenvalue weighted by Crippen LogP contribution is 2.28. The molecule has 1 N–H and O–H groups in total. The number of nitrogens with zero attached hydrogens (tertiary/aromatic N) is 4. The second-order valence-corrected chi connectivity index (χ2v) is 7.15. The largest absolute Gasteiger partial charge is 0.378 e. The third kappa shape index (κ3) is 4.02. The van der Waals surface area contributed by atoms with Crippen LogP contribution < -0.4 is 15.1 Å². The van der Waals surface area contributed by atoms with Gasteiger partial charge in [-0.25, -0.2) is 9.97 Å². The van der Waals surface area contributed by atoms with Gasteiger partial charge in [0.25, 0.3) is 0 Å². The highest BCUT2D eigenvalue weighted by Gasteiger charge is 2.22. The number of benzene rings is 1. The Balaban J connectivity index is 1.43. The maximum absolute atomic E-state index is 6.37. The van der Waals surface area contributed by atoms with Crippen LogP contribution in [-0.2, 0) is 4.74 Å². The van der Waals surface area contributed by atoms with Gasteiger partial charge >= 0.3 is 0 Å². The summed E-state index contributed by atoms with van der Waals surface area (Å²) < 4.78 is 5.42. The molecule has 0 radical (unpaired) electrons. The van der Waals surface area contributed by atoms with E-state index in [4.69, 9.17) is 16.3 Å². The van der Waals surface area contributed by atoms with Gasteiger partial charge in [0.1, 0.15) is 18.0 Å². The van der Waals surface area contributed by atoms with Crippen LogP contribution in [0.2, 0.25) is 5.02 Å². The van der Waals surface area contributed by atoms with E-state index in [9.17, 15) is 0 Å². The van der Waals surface area contributed by atoms with Gasteiger partial charge in [0.05, 0.1) is 23.9 Å². The molecule has 1 aromatic carbocycles. The first kappa shape index (κ1) is 17.4. The van der Waals surface area contributed by atoms with Gasteiger partial charge in [0.2, 0.25) is 0 Å². The molecule has 2 aliphatic heterocycles. The molecule has 4 rings (SSSR count). The number of hydrogen-bond acceptors (Lipinski definition) is 6.